The van der Waals surface area contributed by atoms with Crippen molar-refractivity contribution in [3.8, 4) is 22.7 Å². The molecule has 0 amide bonds. The van der Waals surface area contributed by atoms with Gasteiger partial charge in [0.2, 0.25) is 0 Å². The molecule has 160 valence electrons. The highest BCUT2D eigenvalue weighted by atomic mass is 32.1. The van der Waals surface area contributed by atoms with Crippen LogP contribution in [0.15, 0.2) is 60.2 Å². The van der Waals surface area contributed by atoms with E-state index in [1.165, 1.54) is 13.2 Å². The first kappa shape index (κ1) is 21.2. The van der Waals surface area contributed by atoms with Crippen molar-refractivity contribution in [2.75, 3.05) is 14.2 Å². The number of ether oxygens (including phenoxy) is 1. The first-order chi connectivity index (χ1) is 15.0. The fraction of sp³-hybridized carbons (Fsp3) is 0.250. The van der Waals surface area contributed by atoms with Crippen molar-refractivity contribution in [1.29, 1.82) is 0 Å². The fourth-order valence-electron chi connectivity index (χ4n) is 3.56. The standard InChI is InChI=1S/C24H25FN4OS/c1-16-7-5-6-8-21(16)29-15-19(14-28(3)17(2)24-26-11-12-31-24)23(27-29)18-9-10-22(30-4)20(25)13-18/h5-13,15,17H,14H2,1-4H3/t17-/m0/s1. The molecule has 7 heteroatoms. The lowest BCUT2D eigenvalue weighted by Crippen LogP contribution is -2.21. The molecule has 2 aromatic heterocycles. The Bertz CT molecular complexity index is 1170. The molecule has 0 aliphatic rings. The third kappa shape index (κ3) is 4.38. The number of aryl methyl sites for hydroxylation is 1. The summed E-state index contributed by atoms with van der Waals surface area (Å²) in [5.41, 5.74) is 4.60. The van der Waals surface area contributed by atoms with Gasteiger partial charge in [-0.25, -0.2) is 14.1 Å². The summed E-state index contributed by atoms with van der Waals surface area (Å²) >= 11 is 1.64. The molecule has 5 nitrogen and oxygen atoms in total. The van der Waals surface area contributed by atoms with Crippen LogP contribution in [0.3, 0.4) is 0 Å². The van der Waals surface area contributed by atoms with Crippen molar-refractivity contribution in [1.82, 2.24) is 19.7 Å². The molecule has 4 rings (SSSR count). The number of thiazole rings is 1. The van der Waals surface area contributed by atoms with Gasteiger partial charge < -0.3 is 4.74 Å². The summed E-state index contributed by atoms with van der Waals surface area (Å²) in [5, 5.41) is 7.90. The Morgan fingerprint density at radius 2 is 2.03 bits per heavy atom. The molecule has 31 heavy (non-hydrogen) atoms. The van der Waals surface area contributed by atoms with Crippen molar-refractivity contribution in [2.24, 2.45) is 0 Å². The molecule has 0 aliphatic carbocycles. The van der Waals surface area contributed by atoms with E-state index < -0.39 is 5.82 Å². The van der Waals surface area contributed by atoms with Crippen LogP contribution in [-0.4, -0.2) is 33.8 Å². The summed E-state index contributed by atoms with van der Waals surface area (Å²) in [6, 6.07) is 13.2. The lowest BCUT2D eigenvalue weighted by atomic mass is 10.1. The average molecular weight is 437 g/mol. The first-order valence-electron chi connectivity index (χ1n) is 10.1. The van der Waals surface area contributed by atoms with Crippen molar-refractivity contribution >= 4 is 11.3 Å². The predicted molar refractivity (Wildman–Crippen MR) is 122 cm³/mol. The predicted octanol–water partition coefficient (Wildman–Crippen LogP) is 5.64. The molecule has 0 spiro atoms. The molecule has 0 fully saturated rings. The maximum absolute atomic E-state index is 14.5. The Morgan fingerprint density at radius 3 is 2.71 bits per heavy atom. The Morgan fingerprint density at radius 1 is 1.23 bits per heavy atom. The van der Waals surface area contributed by atoms with Gasteiger partial charge in [-0.15, -0.1) is 11.3 Å². The van der Waals surface area contributed by atoms with Gasteiger partial charge in [0.05, 0.1) is 24.5 Å². The molecular formula is C24H25FN4OS. The molecule has 1 atom stereocenters. The van der Waals surface area contributed by atoms with E-state index in [1.54, 1.807) is 17.4 Å². The molecule has 0 saturated heterocycles. The van der Waals surface area contributed by atoms with E-state index in [2.05, 4.69) is 36.8 Å². The highest BCUT2D eigenvalue weighted by Crippen LogP contribution is 2.31. The number of aromatic nitrogens is 3. The number of halogens is 1. The van der Waals surface area contributed by atoms with Gasteiger partial charge in [0.25, 0.3) is 0 Å². The lowest BCUT2D eigenvalue weighted by molar-refractivity contribution is 0.253. The van der Waals surface area contributed by atoms with Gasteiger partial charge in [-0.2, -0.15) is 5.10 Å². The van der Waals surface area contributed by atoms with E-state index in [-0.39, 0.29) is 11.8 Å². The number of nitrogens with zero attached hydrogens (tertiary/aromatic N) is 4. The smallest absolute Gasteiger partial charge is 0.165 e. The summed E-state index contributed by atoms with van der Waals surface area (Å²) < 4.78 is 21.4. The minimum atomic E-state index is -0.402. The van der Waals surface area contributed by atoms with Crippen LogP contribution >= 0.6 is 11.3 Å². The molecule has 0 aliphatic heterocycles. The maximum Gasteiger partial charge on any atom is 0.165 e. The van der Waals surface area contributed by atoms with Crippen molar-refractivity contribution in [3.05, 3.63) is 82.2 Å². The molecule has 0 N–H and O–H groups in total. The van der Waals surface area contributed by atoms with Crippen LogP contribution in [-0.2, 0) is 6.54 Å². The Kier molecular flexibility index (Phi) is 6.15. The normalized spacial score (nSPS) is 12.3. The van der Waals surface area contributed by atoms with Gasteiger partial charge in [0.1, 0.15) is 5.01 Å². The van der Waals surface area contributed by atoms with Crippen LogP contribution in [0.25, 0.3) is 16.9 Å². The van der Waals surface area contributed by atoms with E-state index in [0.29, 0.717) is 6.54 Å². The van der Waals surface area contributed by atoms with E-state index in [1.807, 2.05) is 46.7 Å². The Balaban J connectivity index is 1.75. The number of hydrogen-bond acceptors (Lipinski definition) is 5. The lowest BCUT2D eigenvalue weighted by Gasteiger charge is -2.22. The van der Waals surface area contributed by atoms with Crippen LogP contribution in [0.5, 0.6) is 5.75 Å². The number of rotatable bonds is 7. The zero-order valence-electron chi connectivity index (χ0n) is 18.0. The Labute approximate surface area is 185 Å². The van der Waals surface area contributed by atoms with Crippen LogP contribution in [0.4, 0.5) is 4.39 Å². The monoisotopic (exact) mass is 436 g/mol. The van der Waals surface area contributed by atoms with Gasteiger partial charge in [-0.05, 0) is 50.7 Å². The summed E-state index contributed by atoms with van der Waals surface area (Å²) in [7, 11) is 3.53. The van der Waals surface area contributed by atoms with Crippen LogP contribution < -0.4 is 4.74 Å². The zero-order chi connectivity index (χ0) is 22.0. The highest BCUT2D eigenvalue weighted by Gasteiger charge is 2.20. The van der Waals surface area contributed by atoms with Crippen LogP contribution in [0, 0.1) is 12.7 Å². The average Bonchev–Trinajstić information content (AvgIpc) is 3.44. The summed E-state index contributed by atoms with van der Waals surface area (Å²) in [4.78, 5) is 6.67. The molecule has 0 saturated carbocycles. The van der Waals surface area contributed by atoms with Gasteiger partial charge >= 0.3 is 0 Å². The fourth-order valence-corrected chi connectivity index (χ4v) is 4.32. The molecule has 2 heterocycles. The summed E-state index contributed by atoms with van der Waals surface area (Å²) in [6.45, 7) is 4.84. The minimum absolute atomic E-state index is 0.155. The van der Waals surface area contributed by atoms with Crippen molar-refractivity contribution < 1.29 is 9.13 Å². The second-order valence-electron chi connectivity index (χ2n) is 7.54. The molecule has 4 aromatic rings. The third-order valence-corrected chi connectivity index (χ3v) is 6.41. The molecule has 0 unspecified atom stereocenters. The maximum atomic E-state index is 14.5. The first-order valence-corrected chi connectivity index (χ1v) is 10.9. The van der Waals surface area contributed by atoms with E-state index in [9.17, 15) is 4.39 Å². The third-order valence-electron chi connectivity index (χ3n) is 5.47. The summed E-state index contributed by atoms with van der Waals surface area (Å²) in [6.07, 6.45) is 3.86. The van der Waals surface area contributed by atoms with E-state index in [0.717, 1.165) is 33.1 Å². The van der Waals surface area contributed by atoms with Gasteiger partial charge in [0.15, 0.2) is 11.6 Å². The van der Waals surface area contributed by atoms with Crippen LogP contribution in [0.1, 0.15) is 29.1 Å². The molecular weight excluding hydrogens is 411 g/mol. The topological polar surface area (TPSA) is 43.2 Å². The largest absolute Gasteiger partial charge is 0.494 e. The molecule has 0 bridgehead atoms. The number of hydrogen-bond donors (Lipinski definition) is 0. The van der Waals surface area contributed by atoms with Crippen molar-refractivity contribution in [2.45, 2.75) is 26.4 Å². The second-order valence-corrected chi connectivity index (χ2v) is 8.47. The SMILES string of the molecule is COc1ccc(-c2nn(-c3ccccc3C)cc2CN(C)[C@@H](C)c2nccs2)cc1F. The van der Waals surface area contributed by atoms with Gasteiger partial charge in [-0.1, -0.05) is 18.2 Å². The second kappa shape index (κ2) is 8.99. The highest BCUT2D eigenvalue weighted by molar-refractivity contribution is 7.09. The quantitative estimate of drug-likeness (QED) is 0.376. The zero-order valence-corrected chi connectivity index (χ0v) is 18.9. The number of methoxy groups -OCH3 is 1. The van der Waals surface area contributed by atoms with Gasteiger partial charge in [0, 0.05) is 35.4 Å². The van der Waals surface area contributed by atoms with Crippen LogP contribution in [0.2, 0.25) is 0 Å². The number of para-hydroxylation sites is 1. The molecule has 2 aromatic carbocycles. The number of benzene rings is 2. The van der Waals surface area contributed by atoms with Gasteiger partial charge in [-0.3, -0.25) is 4.90 Å². The van der Waals surface area contributed by atoms with Crippen molar-refractivity contribution in [3.63, 3.8) is 0 Å². The van der Waals surface area contributed by atoms with E-state index in [4.69, 9.17) is 9.84 Å². The Hall–Kier alpha value is -3.03. The van der Waals surface area contributed by atoms with E-state index >= 15 is 0 Å². The summed E-state index contributed by atoms with van der Waals surface area (Å²) in [5.74, 6) is -0.181. The minimum Gasteiger partial charge on any atom is -0.494 e. The molecule has 0 radical (unpaired) electrons.